The van der Waals surface area contributed by atoms with Crippen LogP contribution in [0.5, 0.6) is 0 Å². The number of piperidine rings is 1. The van der Waals surface area contributed by atoms with Crippen LogP contribution in [0.25, 0.3) is 0 Å². The molecule has 0 aromatic heterocycles. The topological polar surface area (TPSA) is 63.4 Å². The van der Waals surface area contributed by atoms with E-state index >= 15 is 0 Å². The molecule has 0 bridgehead atoms. The predicted molar refractivity (Wildman–Crippen MR) is 79.5 cm³/mol. The maximum Gasteiger partial charge on any atom is 0.245 e. The van der Waals surface area contributed by atoms with E-state index in [1.807, 2.05) is 6.92 Å². The first-order chi connectivity index (χ1) is 9.95. The molecule has 1 fully saturated rings. The lowest BCUT2D eigenvalue weighted by atomic mass is 10.0. The summed E-state index contributed by atoms with van der Waals surface area (Å²) in [5, 5.41) is 0. The van der Waals surface area contributed by atoms with Gasteiger partial charge in [-0.3, -0.25) is 0 Å². The Kier molecular flexibility index (Phi) is 4.99. The standard InChI is InChI=1S/C15H19FN2O2S/c1-12-4-3-9-18(11-12)21(19,20)15-7-6-13(5-2-8-17)10-14(15)16/h6-7,10,12H,3-4,8-9,11,17H2,1H3. The van der Waals surface area contributed by atoms with Crippen LogP contribution in [0, 0.1) is 23.6 Å². The fraction of sp³-hybridized carbons (Fsp3) is 0.467. The van der Waals surface area contributed by atoms with E-state index in [0.29, 0.717) is 24.6 Å². The van der Waals surface area contributed by atoms with Crippen LogP contribution >= 0.6 is 0 Å². The monoisotopic (exact) mass is 310 g/mol. The van der Waals surface area contributed by atoms with Crippen molar-refractivity contribution in [3.63, 3.8) is 0 Å². The molecule has 0 aliphatic carbocycles. The molecule has 1 aromatic rings. The molecule has 0 radical (unpaired) electrons. The number of sulfonamides is 1. The van der Waals surface area contributed by atoms with Crippen molar-refractivity contribution in [1.29, 1.82) is 0 Å². The van der Waals surface area contributed by atoms with Crippen LogP contribution in [0.3, 0.4) is 0 Å². The summed E-state index contributed by atoms with van der Waals surface area (Å²) in [5.74, 6) is 4.83. The number of rotatable bonds is 2. The first-order valence-electron chi connectivity index (χ1n) is 6.94. The van der Waals surface area contributed by atoms with Gasteiger partial charge < -0.3 is 5.73 Å². The molecule has 2 rings (SSSR count). The molecule has 1 aliphatic rings. The first kappa shape index (κ1) is 16.0. The number of nitrogens with zero attached hydrogens (tertiary/aromatic N) is 1. The van der Waals surface area contributed by atoms with Crippen molar-refractivity contribution >= 4 is 10.0 Å². The van der Waals surface area contributed by atoms with E-state index in [1.165, 1.54) is 16.4 Å². The molecule has 0 amide bonds. The SMILES string of the molecule is CC1CCCN(S(=O)(=O)c2ccc(C#CCN)cc2F)C1. The first-order valence-corrected chi connectivity index (χ1v) is 8.38. The van der Waals surface area contributed by atoms with E-state index < -0.39 is 15.8 Å². The van der Waals surface area contributed by atoms with Crippen molar-refractivity contribution in [3.8, 4) is 11.8 Å². The van der Waals surface area contributed by atoms with Gasteiger partial charge >= 0.3 is 0 Å². The number of hydrogen-bond acceptors (Lipinski definition) is 3. The van der Waals surface area contributed by atoms with E-state index in [-0.39, 0.29) is 11.4 Å². The molecule has 1 unspecified atom stereocenters. The van der Waals surface area contributed by atoms with Crippen molar-refractivity contribution in [2.75, 3.05) is 19.6 Å². The van der Waals surface area contributed by atoms with E-state index in [0.717, 1.165) is 18.9 Å². The highest BCUT2D eigenvalue weighted by molar-refractivity contribution is 7.89. The minimum absolute atomic E-state index is 0.174. The third-order valence-electron chi connectivity index (χ3n) is 3.50. The highest BCUT2D eigenvalue weighted by Crippen LogP contribution is 2.25. The molecule has 6 heteroatoms. The van der Waals surface area contributed by atoms with Gasteiger partial charge in [0.25, 0.3) is 0 Å². The highest BCUT2D eigenvalue weighted by atomic mass is 32.2. The molecule has 114 valence electrons. The van der Waals surface area contributed by atoms with E-state index in [2.05, 4.69) is 11.8 Å². The Balaban J connectivity index is 2.32. The van der Waals surface area contributed by atoms with E-state index in [9.17, 15) is 12.8 Å². The summed E-state index contributed by atoms with van der Waals surface area (Å²) in [6, 6.07) is 3.93. The summed E-state index contributed by atoms with van der Waals surface area (Å²) in [7, 11) is -3.78. The average molecular weight is 310 g/mol. The second-order valence-electron chi connectivity index (χ2n) is 5.26. The lowest BCUT2D eigenvalue weighted by Crippen LogP contribution is -2.39. The molecule has 4 nitrogen and oxygen atoms in total. The van der Waals surface area contributed by atoms with Crippen molar-refractivity contribution in [2.24, 2.45) is 11.7 Å². The van der Waals surface area contributed by atoms with Crippen LogP contribution in [0.15, 0.2) is 23.1 Å². The third-order valence-corrected chi connectivity index (χ3v) is 5.40. The summed E-state index contributed by atoms with van der Waals surface area (Å²) in [4.78, 5) is -0.283. The fourth-order valence-electron chi connectivity index (χ4n) is 2.44. The highest BCUT2D eigenvalue weighted by Gasteiger charge is 2.30. The Morgan fingerprint density at radius 3 is 2.86 bits per heavy atom. The minimum Gasteiger partial charge on any atom is -0.320 e. The molecular formula is C15H19FN2O2S. The summed E-state index contributed by atoms with van der Waals surface area (Å²) >= 11 is 0. The van der Waals surface area contributed by atoms with Gasteiger partial charge in [0.15, 0.2) is 0 Å². The molecule has 1 saturated heterocycles. The molecule has 0 saturated carbocycles. The maximum atomic E-state index is 14.1. The Labute approximate surface area is 125 Å². The van der Waals surface area contributed by atoms with Crippen molar-refractivity contribution in [3.05, 3.63) is 29.6 Å². The lowest BCUT2D eigenvalue weighted by molar-refractivity contribution is 0.280. The summed E-state index contributed by atoms with van der Waals surface area (Å²) in [6.45, 7) is 3.06. The van der Waals surface area contributed by atoms with Crippen LogP contribution in [-0.2, 0) is 10.0 Å². The van der Waals surface area contributed by atoms with Crippen LogP contribution in [-0.4, -0.2) is 32.4 Å². The molecule has 21 heavy (non-hydrogen) atoms. The largest absolute Gasteiger partial charge is 0.320 e. The van der Waals surface area contributed by atoms with Gasteiger partial charge in [-0.15, -0.1) is 0 Å². The number of benzene rings is 1. The summed E-state index contributed by atoms with van der Waals surface area (Å²) < 4.78 is 40.5. The molecule has 1 heterocycles. The molecule has 1 aromatic carbocycles. The number of nitrogens with two attached hydrogens (primary N) is 1. The molecule has 1 atom stereocenters. The Hall–Kier alpha value is -1.42. The van der Waals surface area contributed by atoms with Gasteiger partial charge in [-0.05, 0) is 37.0 Å². The van der Waals surface area contributed by atoms with Gasteiger partial charge in [-0.1, -0.05) is 18.8 Å². The molecule has 1 aliphatic heterocycles. The van der Waals surface area contributed by atoms with Gasteiger partial charge in [0, 0.05) is 18.7 Å². The quantitative estimate of drug-likeness (QED) is 0.843. The lowest BCUT2D eigenvalue weighted by Gasteiger charge is -2.30. The van der Waals surface area contributed by atoms with Gasteiger partial charge in [-0.25, -0.2) is 12.8 Å². The summed E-state index contributed by atoms with van der Waals surface area (Å²) in [5.41, 5.74) is 5.67. The summed E-state index contributed by atoms with van der Waals surface area (Å²) in [6.07, 6.45) is 1.81. The zero-order chi connectivity index (χ0) is 15.5. The average Bonchev–Trinajstić information content (AvgIpc) is 2.45. The van der Waals surface area contributed by atoms with Gasteiger partial charge in [-0.2, -0.15) is 4.31 Å². The smallest absolute Gasteiger partial charge is 0.245 e. The Morgan fingerprint density at radius 2 is 2.24 bits per heavy atom. The van der Waals surface area contributed by atoms with Crippen LogP contribution in [0.1, 0.15) is 25.3 Å². The van der Waals surface area contributed by atoms with Crippen LogP contribution in [0.4, 0.5) is 4.39 Å². The molecule has 0 spiro atoms. The minimum atomic E-state index is -3.78. The van der Waals surface area contributed by atoms with E-state index in [4.69, 9.17) is 5.73 Å². The Morgan fingerprint density at radius 1 is 1.48 bits per heavy atom. The number of halogens is 1. The van der Waals surface area contributed by atoms with Crippen LogP contribution in [0.2, 0.25) is 0 Å². The number of hydrogen-bond donors (Lipinski definition) is 1. The third kappa shape index (κ3) is 3.62. The normalized spacial score (nSPS) is 19.9. The fourth-order valence-corrected chi connectivity index (χ4v) is 4.09. The zero-order valence-electron chi connectivity index (χ0n) is 12.0. The van der Waals surface area contributed by atoms with Crippen molar-refractivity contribution in [2.45, 2.75) is 24.7 Å². The maximum absolute atomic E-state index is 14.1. The van der Waals surface area contributed by atoms with Gasteiger partial charge in [0.05, 0.1) is 6.54 Å². The molecular weight excluding hydrogens is 291 g/mol. The van der Waals surface area contributed by atoms with Crippen molar-refractivity contribution in [1.82, 2.24) is 4.31 Å². The predicted octanol–water partition coefficient (Wildman–Crippen LogP) is 1.56. The second kappa shape index (κ2) is 6.56. The van der Waals surface area contributed by atoms with Gasteiger partial charge in [0.2, 0.25) is 10.0 Å². The zero-order valence-corrected chi connectivity index (χ0v) is 12.8. The Bertz CT molecular complexity index is 677. The van der Waals surface area contributed by atoms with Crippen LogP contribution < -0.4 is 5.73 Å². The van der Waals surface area contributed by atoms with Crippen molar-refractivity contribution < 1.29 is 12.8 Å². The second-order valence-corrected chi connectivity index (χ2v) is 7.17. The van der Waals surface area contributed by atoms with Gasteiger partial charge in [0.1, 0.15) is 10.7 Å². The van der Waals surface area contributed by atoms with E-state index in [1.54, 1.807) is 0 Å². The molecule has 2 N–H and O–H groups in total.